The summed E-state index contributed by atoms with van der Waals surface area (Å²) in [6.45, 7) is 4.44. The van der Waals surface area contributed by atoms with Gasteiger partial charge in [-0.25, -0.2) is 4.39 Å². The van der Waals surface area contributed by atoms with Gasteiger partial charge in [0.15, 0.2) is 11.6 Å². The largest absolute Gasteiger partial charge is 0.494 e. The first-order valence-electron chi connectivity index (χ1n) is 6.56. The minimum atomic E-state index is -0.284. The Labute approximate surface area is 110 Å². The average Bonchev–Trinajstić information content (AvgIpc) is 2.34. The number of halogens is 1. The van der Waals surface area contributed by atoms with E-state index in [1.165, 1.54) is 13.5 Å². The molecule has 0 spiro atoms. The van der Waals surface area contributed by atoms with E-state index < -0.39 is 0 Å². The van der Waals surface area contributed by atoms with Crippen molar-refractivity contribution in [3.8, 4) is 5.75 Å². The SMILES string of the molecule is CNC(CCC(C)C)Cc1ccc(OC)c(F)c1. The lowest BCUT2D eigenvalue weighted by Crippen LogP contribution is -2.28. The number of hydrogen-bond acceptors (Lipinski definition) is 2. The van der Waals surface area contributed by atoms with Crippen LogP contribution in [-0.2, 0) is 6.42 Å². The van der Waals surface area contributed by atoms with Crippen molar-refractivity contribution >= 4 is 0 Å². The highest BCUT2D eigenvalue weighted by molar-refractivity contribution is 5.29. The molecule has 0 heterocycles. The molecule has 0 fully saturated rings. The summed E-state index contributed by atoms with van der Waals surface area (Å²) in [7, 11) is 3.45. The van der Waals surface area contributed by atoms with Crippen molar-refractivity contribution in [2.45, 2.75) is 39.2 Å². The zero-order valence-corrected chi connectivity index (χ0v) is 11.8. The minimum absolute atomic E-state index is 0.284. The van der Waals surface area contributed by atoms with Gasteiger partial charge in [0.25, 0.3) is 0 Å². The Hall–Kier alpha value is -1.09. The van der Waals surface area contributed by atoms with E-state index in [2.05, 4.69) is 19.2 Å². The van der Waals surface area contributed by atoms with Crippen molar-refractivity contribution in [2.75, 3.05) is 14.2 Å². The van der Waals surface area contributed by atoms with E-state index in [1.54, 1.807) is 12.1 Å². The molecule has 0 aliphatic carbocycles. The summed E-state index contributed by atoms with van der Waals surface area (Å²) in [6.07, 6.45) is 3.15. The zero-order chi connectivity index (χ0) is 13.5. The summed E-state index contributed by atoms with van der Waals surface area (Å²) in [6, 6.07) is 5.60. The van der Waals surface area contributed by atoms with Crippen molar-refractivity contribution in [1.82, 2.24) is 5.32 Å². The van der Waals surface area contributed by atoms with Crippen LogP contribution in [0.4, 0.5) is 4.39 Å². The van der Waals surface area contributed by atoms with Crippen LogP contribution >= 0.6 is 0 Å². The molecule has 0 aliphatic heterocycles. The van der Waals surface area contributed by atoms with E-state index in [0.29, 0.717) is 17.7 Å². The van der Waals surface area contributed by atoms with E-state index >= 15 is 0 Å². The van der Waals surface area contributed by atoms with Gasteiger partial charge >= 0.3 is 0 Å². The molecule has 0 bridgehead atoms. The van der Waals surface area contributed by atoms with E-state index in [1.807, 2.05) is 13.1 Å². The first-order valence-corrected chi connectivity index (χ1v) is 6.56. The van der Waals surface area contributed by atoms with Crippen LogP contribution in [0, 0.1) is 11.7 Å². The van der Waals surface area contributed by atoms with Crippen LogP contribution in [0.2, 0.25) is 0 Å². The van der Waals surface area contributed by atoms with E-state index in [9.17, 15) is 4.39 Å². The molecular weight excluding hydrogens is 229 g/mol. The van der Waals surface area contributed by atoms with Crippen molar-refractivity contribution in [3.63, 3.8) is 0 Å². The Morgan fingerprint density at radius 1 is 1.28 bits per heavy atom. The van der Waals surface area contributed by atoms with Crippen LogP contribution in [0.15, 0.2) is 18.2 Å². The Bertz CT molecular complexity index is 366. The Balaban J connectivity index is 2.61. The van der Waals surface area contributed by atoms with Crippen molar-refractivity contribution in [1.29, 1.82) is 0 Å². The van der Waals surface area contributed by atoms with Gasteiger partial charge in [-0.15, -0.1) is 0 Å². The fourth-order valence-corrected chi connectivity index (χ4v) is 2.00. The molecule has 0 aromatic heterocycles. The predicted molar refractivity (Wildman–Crippen MR) is 73.6 cm³/mol. The van der Waals surface area contributed by atoms with Gasteiger partial charge in [-0.1, -0.05) is 19.9 Å². The predicted octanol–water partition coefficient (Wildman–Crippen LogP) is 3.40. The fraction of sp³-hybridized carbons (Fsp3) is 0.600. The highest BCUT2D eigenvalue weighted by Crippen LogP contribution is 2.19. The van der Waals surface area contributed by atoms with Gasteiger partial charge in [0, 0.05) is 6.04 Å². The highest BCUT2D eigenvalue weighted by atomic mass is 19.1. The van der Waals surface area contributed by atoms with Crippen LogP contribution in [0.1, 0.15) is 32.3 Å². The van der Waals surface area contributed by atoms with Crippen LogP contribution in [0.25, 0.3) is 0 Å². The summed E-state index contributed by atoms with van der Waals surface area (Å²) in [4.78, 5) is 0. The molecule has 1 aromatic rings. The summed E-state index contributed by atoms with van der Waals surface area (Å²) in [5.74, 6) is 0.726. The average molecular weight is 253 g/mol. The van der Waals surface area contributed by atoms with Crippen LogP contribution < -0.4 is 10.1 Å². The molecule has 2 nitrogen and oxygen atoms in total. The smallest absolute Gasteiger partial charge is 0.165 e. The molecule has 0 saturated carbocycles. The second-order valence-corrected chi connectivity index (χ2v) is 5.13. The number of rotatable bonds is 7. The molecule has 0 saturated heterocycles. The van der Waals surface area contributed by atoms with E-state index in [-0.39, 0.29) is 5.82 Å². The Morgan fingerprint density at radius 3 is 2.50 bits per heavy atom. The van der Waals surface area contributed by atoms with E-state index in [4.69, 9.17) is 4.74 Å². The van der Waals surface area contributed by atoms with Crippen LogP contribution in [0.5, 0.6) is 5.75 Å². The third-order valence-electron chi connectivity index (χ3n) is 3.20. The molecule has 1 aromatic carbocycles. The summed E-state index contributed by atoms with van der Waals surface area (Å²) in [5, 5.41) is 3.30. The first-order chi connectivity index (χ1) is 8.56. The Morgan fingerprint density at radius 2 is 2.00 bits per heavy atom. The van der Waals surface area contributed by atoms with Gasteiger partial charge in [0.05, 0.1) is 7.11 Å². The maximum atomic E-state index is 13.6. The van der Waals surface area contributed by atoms with Gasteiger partial charge in [0.1, 0.15) is 0 Å². The van der Waals surface area contributed by atoms with Crippen molar-refractivity contribution in [2.24, 2.45) is 5.92 Å². The molecule has 0 radical (unpaired) electrons. The van der Waals surface area contributed by atoms with Gasteiger partial charge in [-0.3, -0.25) is 0 Å². The third-order valence-corrected chi connectivity index (χ3v) is 3.20. The maximum absolute atomic E-state index is 13.6. The Kier molecular flexibility index (Phi) is 6.13. The summed E-state index contributed by atoms with van der Waals surface area (Å²) < 4.78 is 18.5. The molecule has 0 aliphatic rings. The topological polar surface area (TPSA) is 21.3 Å². The fourth-order valence-electron chi connectivity index (χ4n) is 2.00. The van der Waals surface area contributed by atoms with Gasteiger partial charge in [-0.05, 0) is 49.9 Å². The molecule has 1 rings (SSSR count). The molecule has 1 N–H and O–H groups in total. The van der Waals surface area contributed by atoms with Crippen molar-refractivity contribution < 1.29 is 9.13 Å². The number of ether oxygens (including phenoxy) is 1. The summed E-state index contributed by atoms with van der Waals surface area (Å²) >= 11 is 0. The molecule has 0 amide bonds. The number of nitrogens with one attached hydrogen (secondary N) is 1. The van der Waals surface area contributed by atoms with Crippen LogP contribution in [-0.4, -0.2) is 20.2 Å². The number of hydrogen-bond donors (Lipinski definition) is 1. The molecule has 102 valence electrons. The lowest BCUT2D eigenvalue weighted by molar-refractivity contribution is 0.385. The van der Waals surface area contributed by atoms with Crippen molar-refractivity contribution in [3.05, 3.63) is 29.6 Å². The van der Waals surface area contributed by atoms with E-state index in [0.717, 1.165) is 18.4 Å². The zero-order valence-electron chi connectivity index (χ0n) is 11.8. The highest BCUT2D eigenvalue weighted by Gasteiger charge is 2.10. The standard InChI is InChI=1S/C15H24FNO/c1-11(2)5-7-13(17-3)9-12-6-8-15(18-4)14(16)10-12/h6,8,10-11,13,17H,5,7,9H2,1-4H3. The molecule has 18 heavy (non-hydrogen) atoms. The second-order valence-electron chi connectivity index (χ2n) is 5.13. The second kappa shape index (κ2) is 7.37. The quantitative estimate of drug-likeness (QED) is 0.804. The summed E-state index contributed by atoms with van der Waals surface area (Å²) in [5.41, 5.74) is 1.01. The lowest BCUT2D eigenvalue weighted by atomic mass is 9.98. The third kappa shape index (κ3) is 4.65. The molecule has 3 heteroatoms. The first kappa shape index (κ1) is 15.0. The number of benzene rings is 1. The van der Waals surface area contributed by atoms with Gasteiger partial charge < -0.3 is 10.1 Å². The minimum Gasteiger partial charge on any atom is -0.494 e. The normalized spacial score (nSPS) is 12.8. The number of likely N-dealkylation sites (N-methyl/N-ethyl adjacent to an activating group) is 1. The molecule has 1 atom stereocenters. The van der Waals surface area contributed by atoms with Gasteiger partial charge in [0.2, 0.25) is 0 Å². The number of methoxy groups -OCH3 is 1. The van der Waals surface area contributed by atoms with Crippen LogP contribution in [0.3, 0.4) is 0 Å². The molecular formula is C15H24FNO. The monoisotopic (exact) mass is 253 g/mol. The lowest BCUT2D eigenvalue weighted by Gasteiger charge is -2.17. The van der Waals surface area contributed by atoms with Gasteiger partial charge in [-0.2, -0.15) is 0 Å². The maximum Gasteiger partial charge on any atom is 0.165 e. The molecule has 1 unspecified atom stereocenters.